The molecule has 0 aliphatic rings. The van der Waals surface area contributed by atoms with Crippen molar-refractivity contribution < 1.29 is 9.90 Å². The monoisotopic (exact) mass is 194 g/mol. The van der Waals surface area contributed by atoms with Gasteiger partial charge in [0.25, 0.3) is 0 Å². The highest BCUT2D eigenvalue weighted by molar-refractivity contribution is 9.09. The number of amides is 1. The molecule has 3 nitrogen and oxygen atoms in total. The van der Waals surface area contributed by atoms with Crippen LogP contribution < -0.4 is 5.32 Å². The zero-order chi connectivity index (χ0) is 7.11. The zero-order valence-electron chi connectivity index (χ0n) is 5.02. The van der Waals surface area contributed by atoms with Gasteiger partial charge in [-0.25, -0.2) is 9.90 Å². The fraction of sp³-hybridized carbons (Fsp3) is 0.800. The third kappa shape index (κ3) is 7.75. The van der Waals surface area contributed by atoms with Crippen molar-refractivity contribution in [2.24, 2.45) is 0 Å². The van der Waals surface area contributed by atoms with Crippen LogP contribution >= 0.6 is 15.9 Å². The summed E-state index contributed by atoms with van der Waals surface area (Å²) in [5, 5.41) is 12.8. The van der Waals surface area contributed by atoms with Crippen molar-refractivity contribution in [3.8, 4) is 0 Å². The van der Waals surface area contributed by atoms with E-state index in [1.165, 1.54) is 0 Å². The molecule has 0 saturated carbocycles. The minimum atomic E-state index is -1.19. The maximum atomic E-state index is 9.73. The first kappa shape index (κ1) is 8.75. The predicted molar refractivity (Wildman–Crippen MR) is 37.1 cm³/mol. The highest BCUT2D eigenvalue weighted by Gasteiger charge is 1.93. The Morgan fingerprint density at radius 3 is 2.56 bits per heavy atom. The molecule has 53 valence electrons. The van der Waals surface area contributed by atoms with E-state index in [1.54, 1.807) is 0 Å². The van der Waals surface area contributed by atoms with E-state index in [9.17, 15) is 9.90 Å². The normalized spacial score (nSPS) is 9.00. The van der Waals surface area contributed by atoms with Gasteiger partial charge in [-0.2, -0.15) is 0 Å². The lowest BCUT2D eigenvalue weighted by atomic mass is 10.3. The molecule has 0 aromatic heterocycles. The van der Waals surface area contributed by atoms with E-state index in [2.05, 4.69) is 21.2 Å². The fourth-order valence-electron chi connectivity index (χ4n) is 0.410. The quantitative estimate of drug-likeness (QED) is 0.533. The summed E-state index contributed by atoms with van der Waals surface area (Å²) in [5.41, 5.74) is 0. The van der Waals surface area contributed by atoms with E-state index in [1.807, 2.05) is 0 Å². The Bertz CT molecular complexity index is 87.0. The van der Waals surface area contributed by atoms with Gasteiger partial charge in [0.2, 0.25) is 0 Å². The molecule has 1 radical (unpaired) electrons. The molecule has 0 rings (SSSR count). The molecular weight excluding hydrogens is 186 g/mol. The summed E-state index contributed by atoms with van der Waals surface area (Å²) >= 11 is 3.23. The van der Waals surface area contributed by atoms with E-state index >= 15 is 0 Å². The number of alkyl halides is 1. The van der Waals surface area contributed by atoms with Crippen LogP contribution in [0.25, 0.3) is 0 Å². The van der Waals surface area contributed by atoms with Gasteiger partial charge in [-0.3, -0.25) is 0 Å². The van der Waals surface area contributed by atoms with Gasteiger partial charge in [0, 0.05) is 11.9 Å². The van der Waals surface area contributed by atoms with Gasteiger partial charge in [0.1, 0.15) is 0 Å². The number of halogens is 1. The van der Waals surface area contributed by atoms with Gasteiger partial charge < -0.3 is 5.32 Å². The summed E-state index contributed by atoms with van der Waals surface area (Å²) < 4.78 is 0. The van der Waals surface area contributed by atoms with Gasteiger partial charge >= 0.3 is 6.09 Å². The molecular formula is C5H9BrNO2. The number of nitrogens with one attached hydrogen (secondary N) is 1. The predicted octanol–water partition coefficient (Wildman–Crippen LogP) is 1.30. The Kier molecular flexibility index (Phi) is 5.72. The molecule has 0 atom stereocenters. The summed E-state index contributed by atoms with van der Waals surface area (Å²) in [6.45, 7) is 0.494. The Balaban J connectivity index is 2.83. The molecule has 1 N–H and O–H groups in total. The molecule has 0 aliphatic heterocycles. The van der Waals surface area contributed by atoms with E-state index in [-0.39, 0.29) is 0 Å². The Morgan fingerprint density at radius 2 is 2.11 bits per heavy atom. The number of hydrogen-bond donors (Lipinski definition) is 1. The van der Waals surface area contributed by atoms with E-state index < -0.39 is 6.09 Å². The summed E-state index contributed by atoms with van der Waals surface area (Å²) in [5.74, 6) is 0. The van der Waals surface area contributed by atoms with Crippen molar-refractivity contribution >= 4 is 22.0 Å². The van der Waals surface area contributed by atoms with Crippen LogP contribution in [0, 0.1) is 0 Å². The molecule has 0 bridgehead atoms. The van der Waals surface area contributed by atoms with Crippen molar-refractivity contribution in [1.29, 1.82) is 0 Å². The third-order valence-electron chi connectivity index (χ3n) is 0.830. The largest absolute Gasteiger partial charge is 0.450 e. The van der Waals surface area contributed by atoms with Crippen LogP contribution in [-0.2, 0) is 5.11 Å². The van der Waals surface area contributed by atoms with Crippen molar-refractivity contribution in [2.75, 3.05) is 11.9 Å². The zero-order valence-corrected chi connectivity index (χ0v) is 6.61. The molecule has 0 unspecified atom stereocenters. The topological polar surface area (TPSA) is 49.0 Å². The lowest BCUT2D eigenvalue weighted by molar-refractivity contribution is 0.168. The maximum absolute atomic E-state index is 9.73. The summed E-state index contributed by atoms with van der Waals surface area (Å²) in [4.78, 5) is 9.73. The number of carbonyl (C=O) groups is 1. The average molecular weight is 195 g/mol. The number of unbranched alkanes of at least 4 members (excludes halogenated alkanes) is 1. The van der Waals surface area contributed by atoms with Crippen LogP contribution in [-0.4, -0.2) is 18.0 Å². The van der Waals surface area contributed by atoms with Crippen molar-refractivity contribution in [1.82, 2.24) is 5.32 Å². The first-order valence-corrected chi connectivity index (χ1v) is 3.90. The summed E-state index contributed by atoms with van der Waals surface area (Å²) in [6, 6.07) is 0. The van der Waals surface area contributed by atoms with Gasteiger partial charge in [-0.05, 0) is 12.8 Å². The molecule has 0 aromatic carbocycles. The number of rotatable bonds is 4. The highest BCUT2D eigenvalue weighted by atomic mass is 79.9. The van der Waals surface area contributed by atoms with Gasteiger partial charge in [0.05, 0.1) is 0 Å². The fourth-order valence-corrected chi connectivity index (χ4v) is 0.806. The van der Waals surface area contributed by atoms with Crippen LogP contribution in [0.15, 0.2) is 0 Å². The molecule has 0 spiro atoms. The molecule has 0 aliphatic carbocycles. The molecule has 0 aromatic rings. The summed E-state index contributed by atoms with van der Waals surface area (Å²) in [7, 11) is 0. The standard InChI is InChI=1S/C5H9BrNO2/c6-3-1-2-4-7-5(8)9/h7H,1-4H2. The van der Waals surface area contributed by atoms with Crippen LogP contribution in [0.2, 0.25) is 0 Å². The van der Waals surface area contributed by atoms with Gasteiger partial charge in [-0.15, -0.1) is 0 Å². The van der Waals surface area contributed by atoms with Crippen LogP contribution in [0.5, 0.6) is 0 Å². The molecule has 0 heterocycles. The second kappa shape index (κ2) is 5.88. The maximum Gasteiger partial charge on any atom is 0.450 e. The van der Waals surface area contributed by atoms with Gasteiger partial charge in [0.15, 0.2) is 0 Å². The third-order valence-corrected chi connectivity index (χ3v) is 1.39. The van der Waals surface area contributed by atoms with E-state index in [0.717, 1.165) is 18.2 Å². The SMILES string of the molecule is [O]C(=O)NCCCCBr. The van der Waals surface area contributed by atoms with Gasteiger partial charge in [-0.1, -0.05) is 15.9 Å². The lowest BCUT2D eigenvalue weighted by Gasteiger charge is -1.94. The first-order valence-electron chi connectivity index (χ1n) is 2.78. The molecule has 4 heteroatoms. The second-order valence-corrected chi connectivity index (χ2v) is 2.40. The van der Waals surface area contributed by atoms with Crippen molar-refractivity contribution in [3.63, 3.8) is 0 Å². The van der Waals surface area contributed by atoms with Crippen molar-refractivity contribution in [2.45, 2.75) is 12.8 Å². The number of hydrogen-bond acceptors (Lipinski definition) is 1. The second-order valence-electron chi connectivity index (χ2n) is 1.61. The van der Waals surface area contributed by atoms with E-state index in [4.69, 9.17) is 0 Å². The Morgan fingerprint density at radius 1 is 1.44 bits per heavy atom. The minimum Gasteiger partial charge on any atom is -0.318 e. The van der Waals surface area contributed by atoms with Crippen molar-refractivity contribution in [3.05, 3.63) is 0 Å². The number of carbonyl (C=O) groups excluding carboxylic acids is 1. The summed E-state index contributed by atoms with van der Waals surface area (Å²) in [6.07, 6.45) is 0.657. The molecule has 0 fully saturated rings. The Labute approximate surface area is 62.6 Å². The van der Waals surface area contributed by atoms with E-state index in [0.29, 0.717) is 6.54 Å². The first-order chi connectivity index (χ1) is 4.27. The highest BCUT2D eigenvalue weighted by Crippen LogP contribution is 1.91. The van der Waals surface area contributed by atoms with Crippen LogP contribution in [0.3, 0.4) is 0 Å². The molecule has 1 amide bonds. The van der Waals surface area contributed by atoms with Crippen LogP contribution in [0.4, 0.5) is 4.79 Å². The van der Waals surface area contributed by atoms with Crippen LogP contribution in [0.1, 0.15) is 12.8 Å². The molecule has 9 heavy (non-hydrogen) atoms. The average Bonchev–Trinajstić information content (AvgIpc) is 1.80. The smallest absolute Gasteiger partial charge is 0.318 e. The molecule has 0 saturated heterocycles. The minimum absolute atomic E-state index is 0.494. The Hall–Kier alpha value is -0.250. The lowest BCUT2D eigenvalue weighted by Crippen LogP contribution is -2.20.